The largest absolute Gasteiger partial charge is 0.444 e. The molecule has 0 bridgehead atoms. The van der Waals surface area contributed by atoms with Gasteiger partial charge in [0.15, 0.2) is 0 Å². The molecule has 7 heteroatoms. The van der Waals surface area contributed by atoms with Crippen molar-refractivity contribution in [3.05, 3.63) is 30.0 Å². The van der Waals surface area contributed by atoms with Gasteiger partial charge in [0.2, 0.25) is 5.91 Å². The average Bonchev–Trinajstić information content (AvgIpc) is 2.84. The van der Waals surface area contributed by atoms with Crippen LogP contribution in [-0.4, -0.2) is 63.4 Å². The fourth-order valence-electron chi connectivity index (χ4n) is 3.42. The van der Waals surface area contributed by atoms with Crippen LogP contribution in [0.5, 0.6) is 0 Å². The smallest absolute Gasteiger partial charge is 0.410 e. The molecule has 0 aliphatic carbocycles. The van der Waals surface area contributed by atoms with Gasteiger partial charge in [-0.05, 0) is 46.2 Å². The Kier molecular flexibility index (Phi) is 5.91. The van der Waals surface area contributed by atoms with Gasteiger partial charge >= 0.3 is 6.09 Å². The third-order valence-corrected chi connectivity index (χ3v) is 4.84. The third-order valence-electron chi connectivity index (χ3n) is 4.84. The second kappa shape index (κ2) is 8.20. The number of carbonyl (C=O) groups is 2. The average molecular weight is 386 g/mol. The first kappa shape index (κ1) is 20.2. The Morgan fingerprint density at radius 3 is 2.57 bits per heavy atom. The fourth-order valence-corrected chi connectivity index (χ4v) is 3.42. The minimum Gasteiger partial charge on any atom is -0.444 e. The Labute approximate surface area is 166 Å². The van der Waals surface area contributed by atoms with Gasteiger partial charge in [0, 0.05) is 38.0 Å². The zero-order valence-corrected chi connectivity index (χ0v) is 17.3. The highest BCUT2D eigenvalue weighted by Gasteiger charge is 2.25. The van der Waals surface area contributed by atoms with E-state index in [-0.39, 0.29) is 12.0 Å². The lowest BCUT2D eigenvalue weighted by Gasteiger charge is -2.26. The topological polar surface area (TPSA) is 67.7 Å². The summed E-state index contributed by atoms with van der Waals surface area (Å²) < 4.78 is 7.33. The molecule has 7 nitrogen and oxygen atoms in total. The standard InChI is InChI=1S/C21H30N4O3/c1-16-6-7-18-17(14-16)15-22-25(18)11-8-19(26)23-9-5-10-24(13-12-23)20(27)28-21(2,3)4/h6-7,14-15H,5,8-13H2,1-4H3. The van der Waals surface area contributed by atoms with Crippen molar-refractivity contribution in [1.82, 2.24) is 19.6 Å². The molecular weight excluding hydrogens is 356 g/mol. The monoisotopic (exact) mass is 386 g/mol. The van der Waals surface area contributed by atoms with Gasteiger partial charge < -0.3 is 14.5 Å². The third kappa shape index (κ3) is 5.03. The summed E-state index contributed by atoms with van der Waals surface area (Å²) >= 11 is 0. The Hall–Kier alpha value is -2.57. The van der Waals surface area contributed by atoms with Crippen LogP contribution in [0.25, 0.3) is 10.9 Å². The predicted octanol–water partition coefficient (Wildman–Crippen LogP) is 3.20. The number of aromatic nitrogens is 2. The molecule has 28 heavy (non-hydrogen) atoms. The van der Waals surface area contributed by atoms with Gasteiger partial charge in [0.1, 0.15) is 5.60 Å². The molecule has 2 heterocycles. The quantitative estimate of drug-likeness (QED) is 0.812. The fraction of sp³-hybridized carbons (Fsp3) is 0.571. The molecular formula is C21H30N4O3. The minimum absolute atomic E-state index is 0.0989. The lowest BCUT2D eigenvalue weighted by atomic mass is 10.2. The van der Waals surface area contributed by atoms with E-state index in [2.05, 4.69) is 24.2 Å². The number of aryl methyl sites for hydroxylation is 2. The van der Waals surface area contributed by atoms with Crippen molar-refractivity contribution in [2.45, 2.75) is 52.7 Å². The van der Waals surface area contributed by atoms with Crippen molar-refractivity contribution in [2.75, 3.05) is 26.2 Å². The second-order valence-electron chi connectivity index (χ2n) is 8.38. The highest BCUT2D eigenvalue weighted by atomic mass is 16.6. The van der Waals surface area contributed by atoms with E-state index in [1.165, 1.54) is 5.56 Å². The summed E-state index contributed by atoms with van der Waals surface area (Å²) in [6, 6.07) is 6.20. The van der Waals surface area contributed by atoms with E-state index < -0.39 is 5.60 Å². The number of hydrogen-bond acceptors (Lipinski definition) is 4. The predicted molar refractivity (Wildman–Crippen MR) is 108 cm³/mol. The summed E-state index contributed by atoms with van der Waals surface area (Å²) in [5.74, 6) is 0.0989. The van der Waals surface area contributed by atoms with Crippen molar-refractivity contribution in [2.24, 2.45) is 0 Å². The van der Waals surface area contributed by atoms with E-state index in [9.17, 15) is 9.59 Å². The van der Waals surface area contributed by atoms with Crippen molar-refractivity contribution >= 4 is 22.9 Å². The summed E-state index contributed by atoms with van der Waals surface area (Å²) in [6.45, 7) is 10.5. The van der Waals surface area contributed by atoms with Crippen molar-refractivity contribution in [3.63, 3.8) is 0 Å². The molecule has 1 aromatic carbocycles. The molecule has 1 fully saturated rings. The van der Waals surface area contributed by atoms with Crippen LogP contribution < -0.4 is 0 Å². The summed E-state index contributed by atoms with van der Waals surface area (Å²) in [7, 11) is 0. The van der Waals surface area contributed by atoms with Gasteiger partial charge in [-0.3, -0.25) is 9.48 Å². The van der Waals surface area contributed by atoms with Crippen LogP contribution in [0.3, 0.4) is 0 Å². The molecule has 1 aliphatic heterocycles. The maximum absolute atomic E-state index is 12.7. The van der Waals surface area contributed by atoms with Crippen LogP contribution in [0.4, 0.5) is 4.79 Å². The van der Waals surface area contributed by atoms with Gasteiger partial charge in [-0.2, -0.15) is 5.10 Å². The van der Waals surface area contributed by atoms with Crippen molar-refractivity contribution in [3.8, 4) is 0 Å². The maximum Gasteiger partial charge on any atom is 0.410 e. The molecule has 0 saturated carbocycles. The molecule has 1 aromatic heterocycles. The van der Waals surface area contributed by atoms with E-state index >= 15 is 0 Å². The number of fused-ring (bicyclic) bond motifs is 1. The van der Waals surface area contributed by atoms with Crippen LogP contribution in [-0.2, 0) is 16.1 Å². The molecule has 0 atom stereocenters. The molecule has 1 aliphatic rings. The number of ether oxygens (including phenoxy) is 1. The van der Waals surface area contributed by atoms with Crippen LogP contribution in [0.15, 0.2) is 24.4 Å². The highest BCUT2D eigenvalue weighted by molar-refractivity contribution is 5.80. The summed E-state index contributed by atoms with van der Waals surface area (Å²) in [4.78, 5) is 28.5. The first-order valence-corrected chi connectivity index (χ1v) is 9.91. The Bertz CT molecular complexity index is 853. The first-order valence-electron chi connectivity index (χ1n) is 9.91. The number of nitrogens with zero attached hydrogens (tertiary/aromatic N) is 4. The van der Waals surface area contributed by atoms with Gasteiger partial charge in [-0.25, -0.2) is 4.79 Å². The van der Waals surface area contributed by atoms with Crippen LogP contribution in [0, 0.1) is 6.92 Å². The van der Waals surface area contributed by atoms with E-state index in [1.54, 1.807) is 4.90 Å². The number of rotatable bonds is 3. The normalized spacial score (nSPS) is 15.6. The lowest BCUT2D eigenvalue weighted by molar-refractivity contribution is -0.131. The zero-order chi connectivity index (χ0) is 20.3. The molecule has 1 saturated heterocycles. The summed E-state index contributed by atoms with van der Waals surface area (Å²) in [5.41, 5.74) is 1.73. The lowest BCUT2D eigenvalue weighted by Crippen LogP contribution is -2.40. The van der Waals surface area contributed by atoms with Crippen molar-refractivity contribution in [1.29, 1.82) is 0 Å². The van der Waals surface area contributed by atoms with Crippen LogP contribution in [0.2, 0.25) is 0 Å². The number of carbonyl (C=O) groups excluding carboxylic acids is 2. The Morgan fingerprint density at radius 1 is 1.11 bits per heavy atom. The summed E-state index contributed by atoms with van der Waals surface area (Å²) in [6.07, 6.45) is 2.70. The summed E-state index contributed by atoms with van der Waals surface area (Å²) in [5, 5.41) is 5.51. The molecule has 0 N–H and O–H groups in total. The molecule has 0 radical (unpaired) electrons. The maximum atomic E-state index is 12.7. The molecule has 0 spiro atoms. The molecule has 0 unspecified atom stereocenters. The number of amides is 2. The SMILES string of the molecule is Cc1ccc2c(cnn2CCC(=O)N2CCCN(C(=O)OC(C)(C)C)CC2)c1. The Morgan fingerprint density at radius 2 is 1.82 bits per heavy atom. The van der Waals surface area contributed by atoms with Gasteiger partial charge in [0.05, 0.1) is 18.3 Å². The highest BCUT2D eigenvalue weighted by Crippen LogP contribution is 2.16. The van der Waals surface area contributed by atoms with Crippen molar-refractivity contribution < 1.29 is 14.3 Å². The van der Waals surface area contributed by atoms with Gasteiger partial charge in [0.25, 0.3) is 0 Å². The van der Waals surface area contributed by atoms with E-state index in [0.717, 1.165) is 17.3 Å². The van der Waals surface area contributed by atoms with E-state index in [0.29, 0.717) is 39.1 Å². The first-order chi connectivity index (χ1) is 13.2. The van der Waals surface area contributed by atoms with Gasteiger partial charge in [-0.15, -0.1) is 0 Å². The van der Waals surface area contributed by atoms with E-state index in [1.807, 2.05) is 42.6 Å². The molecule has 3 rings (SSSR count). The zero-order valence-electron chi connectivity index (χ0n) is 17.3. The number of hydrogen-bond donors (Lipinski definition) is 0. The van der Waals surface area contributed by atoms with Gasteiger partial charge in [-0.1, -0.05) is 11.6 Å². The van der Waals surface area contributed by atoms with Crippen LogP contribution >= 0.6 is 0 Å². The van der Waals surface area contributed by atoms with E-state index in [4.69, 9.17) is 4.74 Å². The molecule has 2 amide bonds. The molecule has 152 valence electrons. The van der Waals surface area contributed by atoms with Crippen LogP contribution in [0.1, 0.15) is 39.2 Å². The Balaban J connectivity index is 1.54. The second-order valence-corrected chi connectivity index (χ2v) is 8.38. The molecule has 2 aromatic rings. The minimum atomic E-state index is -0.510. The number of benzene rings is 1.